The van der Waals surface area contributed by atoms with Gasteiger partial charge in [-0.15, -0.1) is 24.0 Å². The highest BCUT2D eigenvalue weighted by molar-refractivity contribution is 14.0. The van der Waals surface area contributed by atoms with Gasteiger partial charge in [0.25, 0.3) is 0 Å². The van der Waals surface area contributed by atoms with Gasteiger partial charge < -0.3 is 15.5 Å². The minimum atomic E-state index is 0. The molecule has 1 saturated carbocycles. The molecule has 1 fully saturated rings. The maximum atomic E-state index is 12.6. The number of aryl methyl sites for hydroxylation is 1. The number of halogens is 1. The van der Waals surface area contributed by atoms with E-state index in [-0.39, 0.29) is 36.4 Å². The number of nitrogens with one attached hydrogen (secondary N) is 2. The highest BCUT2D eigenvalue weighted by atomic mass is 127. The second-order valence-corrected chi connectivity index (χ2v) is 6.44. The van der Waals surface area contributed by atoms with Crippen LogP contribution in [-0.4, -0.2) is 37.5 Å². The molecule has 1 aromatic carbocycles. The van der Waals surface area contributed by atoms with Gasteiger partial charge in [-0.05, 0) is 43.7 Å². The van der Waals surface area contributed by atoms with Crippen LogP contribution in [0.4, 0.5) is 5.69 Å². The molecule has 1 aliphatic heterocycles. The van der Waals surface area contributed by atoms with Crippen LogP contribution in [0.5, 0.6) is 0 Å². The Morgan fingerprint density at radius 1 is 1.38 bits per heavy atom. The summed E-state index contributed by atoms with van der Waals surface area (Å²) in [5.41, 5.74) is 2.31. The number of hydrogen-bond donors (Lipinski definition) is 2. The van der Waals surface area contributed by atoms with E-state index in [1.54, 1.807) is 0 Å². The number of carbonyl (C=O) groups excluding carboxylic acids is 1. The van der Waals surface area contributed by atoms with Crippen LogP contribution in [0.2, 0.25) is 0 Å². The maximum absolute atomic E-state index is 12.6. The molecule has 132 valence electrons. The molecule has 2 unspecified atom stereocenters. The van der Waals surface area contributed by atoms with Gasteiger partial charge in [0.15, 0.2) is 5.96 Å². The molecule has 1 aliphatic carbocycles. The first-order valence-corrected chi connectivity index (χ1v) is 8.62. The summed E-state index contributed by atoms with van der Waals surface area (Å²) in [5.74, 6) is 1.52. The lowest BCUT2D eigenvalue weighted by molar-refractivity contribution is -0.117. The van der Waals surface area contributed by atoms with Gasteiger partial charge in [-0.25, -0.2) is 4.99 Å². The second kappa shape index (κ2) is 8.69. The van der Waals surface area contributed by atoms with Gasteiger partial charge in [0.2, 0.25) is 5.91 Å². The van der Waals surface area contributed by atoms with E-state index in [1.807, 2.05) is 30.0 Å². The lowest BCUT2D eigenvalue weighted by atomic mass is 10.0. The Labute approximate surface area is 161 Å². The van der Waals surface area contributed by atoms with Crippen molar-refractivity contribution in [2.45, 2.75) is 39.2 Å². The van der Waals surface area contributed by atoms with Gasteiger partial charge in [-0.3, -0.25) is 4.79 Å². The second-order valence-electron chi connectivity index (χ2n) is 6.44. The summed E-state index contributed by atoms with van der Waals surface area (Å²) in [6.07, 6.45) is 3.25. The molecule has 2 atom stereocenters. The average molecular weight is 442 g/mol. The van der Waals surface area contributed by atoms with Crippen LogP contribution in [0.3, 0.4) is 0 Å². The smallest absolute Gasteiger partial charge is 0.248 e. The van der Waals surface area contributed by atoms with Gasteiger partial charge in [-0.1, -0.05) is 25.1 Å². The number of rotatable bonds is 4. The molecule has 2 aliphatic rings. The number of guanidine groups is 1. The Bertz CT molecular complexity index is 604. The highest BCUT2D eigenvalue weighted by Gasteiger charge is 2.33. The van der Waals surface area contributed by atoms with Crippen LogP contribution in [0.1, 0.15) is 32.3 Å². The minimum absolute atomic E-state index is 0. The van der Waals surface area contributed by atoms with Crippen LogP contribution in [0.15, 0.2) is 29.3 Å². The monoisotopic (exact) mass is 442 g/mol. The largest absolute Gasteiger partial charge is 0.357 e. The van der Waals surface area contributed by atoms with E-state index in [9.17, 15) is 4.79 Å². The van der Waals surface area contributed by atoms with Crippen molar-refractivity contribution < 1.29 is 4.79 Å². The molecule has 1 aromatic rings. The molecule has 0 radical (unpaired) electrons. The fraction of sp³-hybridized carbons (Fsp3) is 0.556. The number of amides is 1. The molecule has 1 amide bonds. The predicted molar refractivity (Wildman–Crippen MR) is 109 cm³/mol. The summed E-state index contributed by atoms with van der Waals surface area (Å²) in [4.78, 5) is 19.0. The lowest BCUT2D eigenvalue weighted by Gasteiger charge is -2.29. The number of fused-ring (bicyclic) bond motifs is 1. The minimum Gasteiger partial charge on any atom is -0.357 e. The number of para-hydroxylation sites is 1. The molecule has 0 aromatic heterocycles. The molecule has 1 heterocycles. The van der Waals surface area contributed by atoms with Gasteiger partial charge >= 0.3 is 0 Å². The summed E-state index contributed by atoms with van der Waals surface area (Å²) < 4.78 is 0. The van der Waals surface area contributed by atoms with Crippen LogP contribution in [0, 0.1) is 5.92 Å². The van der Waals surface area contributed by atoms with Crippen LogP contribution >= 0.6 is 24.0 Å². The average Bonchev–Trinajstić information content (AvgIpc) is 3.27. The van der Waals surface area contributed by atoms with Crippen LogP contribution in [-0.2, 0) is 11.2 Å². The summed E-state index contributed by atoms with van der Waals surface area (Å²) in [5, 5.41) is 6.61. The predicted octanol–water partition coefficient (Wildman–Crippen LogP) is 2.55. The molecule has 0 spiro atoms. The third kappa shape index (κ3) is 4.62. The highest BCUT2D eigenvalue weighted by Crippen LogP contribution is 2.29. The fourth-order valence-corrected chi connectivity index (χ4v) is 3.04. The molecule has 24 heavy (non-hydrogen) atoms. The first kappa shape index (κ1) is 19.0. The van der Waals surface area contributed by atoms with Crippen molar-refractivity contribution in [3.05, 3.63) is 29.8 Å². The zero-order chi connectivity index (χ0) is 16.2. The van der Waals surface area contributed by atoms with E-state index in [0.29, 0.717) is 12.0 Å². The van der Waals surface area contributed by atoms with Crippen LogP contribution in [0.25, 0.3) is 0 Å². The molecule has 0 bridgehead atoms. The van der Waals surface area contributed by atoms with Gasteiger partial charge in [-0.2, -0.15) is 0 Å². The normalized spacial score (nSPS) is 22.2. The number of nitrogens with zero attached hydrogens (tertiary/aromatic N) is 2. The van der Waals surface area contributed by atoms with Crippen molar-refractivity contribution in [1.82, 2.24) is 10.6 Å². The van der Waals surface area contributed by atoms with E-state index in [0.717, 1.165) is 37.6 Å². The third-order valence-corrected chi connectivity index (χ3v) is 4.56. The molecule has 5 nitrogen and oxygen atoms in total. The van der Waals surface area contributed by atoms with Crippen molar-refractivity contribution in [2.75, 3.05) is 24.5 Å². The van der Waals surface area contributed by atoms with Crippen molar-refractivity contribution in [3.8, 4) is 0 Å². The van der Waals surface area contributed by atoms with E-state index in [1.165, 1.54) is 12.0 Å². The molecule has 6 heteroatoms. The first-order chi connectivity index (χ1) is 11.2. The fourth-order valence-electron chi connectivity index (χ4n) is 3.04. The number of anilines is 1. The van der Waals surface area contributed by atoms with Crippen molar-refractivity contribution in [2.24, 2.45) is 10.9 Å². The maximum Gasteiger partial charge on any atom is 0.248 e. The molecular formula is C18H27IN4O. The quantitative estimate of drug-likeness (QED) is 0.428. The van der Waals surface area contributed by atoms with E-state index < -0.39 is 0 Å². The van der Waals surface area contributed by atoms with E-state index in [4.69, 9.17) is 0 Å². The standard InChI is InChI=1S/C18H26N4O.HI/c1-3-19-18(21-15-11-13(15)2)20-12-17(23)22-10-6-8-14-7-4-5-9-16(14)22;/h4-5,7,9,13,15H,3,6,8,10-12H2,1-2H3,(H2,19,20,21);1H. The Morgan fingerprint density at radius 2 is 2.12 bits per heavy atom. The van der Waals surface area contributed by atoms with E-state index in [2.05, 4.69) is 28.6 Å². The first-order valence-electron chi connectivity index (χ1n) is 8.62. The summed E-state index contributed by atoms with van der Waals surface area (Å²) >= 11 is 0. The zero-order valence-electron chi connectivity index (χ0n) is 14.4. The number of benzene rings is 1. The number of carbonyl (C=O) groups is 1. The Kier molecular flexibility index (Phi) is 6.89. The molecule has 2 N–H and O–H groups in total. The summed E-state index contributed by atoms with van der Waals surface area (Å²) in [6.45, 7) is 6.03. The SMILES string of the molecule is CCNC(=NCC(=O)N1CCCc2ccccc21)NC1CC1C.I. The van der Waals surface area contributed by atoms with E-state index >= 15 is 0 Å². The van der Waals surface area contributed by atoms with Gasteiger partial charge in [0.05, 0.1) is 0 Å². The Balaban J connectivity index is 0.00000208. The van der Waals surface area contributed by atoms with Gasteiger partial charge in [0.1, 0.15) is 6.54 Å². The van der Waals surface area contributed by atoms with Crippen molar-refractivity contribution in [3.63, 3.8) is 0 Å². The third-order valence-electron chi connectivity index (χ3n) is 4.56. The van der Waals surface area contributed by atoms with Gasteiger partial charge in [0, 0.05) is 24.8 Å². The molecular weight excluding hydrogens is 415 g/mol. The number of aliphatic imine (C=N–C) groups is 1. The Hall–Kier alpha value is -1.31. The molecule has 3 rings (SSSR count). The molecule has 0 saturated heterocycles. The zero-order valence-corrected chi connectivity index (χ0v) is 16.7. The summed E-state index contributed by atoms with van der Waals surface area (Å²) in [7, 11) is 0. The topological polar surface area (TPSA) is 56.7 Å². The van der Waals surface area contributed by atoms with Crippen molar-refractivity contribution in [1.29, 1.82) is 0 Å². The van der Waals surface area contributed by atoms with Crippen LogP contribution < -0.4 is 15.5 Å². The Morgan fingerprint density at radius 3 is 2.83 bits per heavy atom. The lowest BCUT2D eigenvalue weighted by Crippen LogP contribution is -2.41. The number of hydrogen-bond acceptors (Lipinski definition) is 2. The summed E-state index contributed by atoms with van der Waals surface area (Å²) in [6, 6.07) is 8.67. The van der Waals surface area contributed by atoms with Crippen molar-refractivity contribution >= 4 is 41.5 Å².